The molecule has 1 fully saturated rings. The molecule has 0 radical (unpaired) electrons. The van der Waals surface area contributed by atoms with Crippen molar-refractivity contribution in [3.05, 3.63) is 28.5 Å². The molecular formula is C12H14ClF3N2O. The Morgan fingerprint density at radius 1 is 1.37 bits per heavy atom. The summed E-state index contributed by atoms with van der Waals surface area (Å²) in [5, 5.41) is 12.8. The maximum Gasteiger partial charge on any atom is 0.433 e. The Bertz CT molecular complexity index is 467. The van der Waals surface area contributed by atoms with Gasteiger partial charge in [-0.2, -0.15) is 13.2 Å². The van der Waals surface area contributed by atoms with Crippen LogP contribution >= 0.6 is 11.6 Å². The Hall–Kier alpha value is -0.850. The van der Waals surface area contributed by atoms with E-state index in [4.69, 9.17) is 11.6 Å². The number of nitrogens with one attached hydrogen (secondary N) is 1. The smallest absolute Gasteiger partial charge is 0.391 e. The number of aliphatic hydroxyl groups is 1. The molecule has 1 aromatic rings. The van der Waals surface area contributed by atoms with E-state index in [0.717, 1.165) is 12.5 Å². The second-order valence-electron chi connectivity index (χ2n) is 4.76. The molecule has 106 valence electrons. The first-order chi connectivity index (χ1) is 8.79. The molecule has 2 heterocycles. The lowest BCUT2D eigenvalue weighted by molar-refractivity contribution is -0.141. The van der Waals surface area contributed by atoms with Crippen LogP contribution in [0.25, 0.3) is 0 Å². The van der Waals surface area contributed by atoms with Crippen molar-refractivity contribution < 1.29 is 18.3 Å². The zero-order valence-electron chi connectivity index (χ0n) is 10.2. The maximum absolute atomic E-state index is 12.5. The van der Waals surface area contributed by atoms with Crippen LogP contribution in [-0.4, -0.2) is 22.2 Å². The standard InChI is InChI=1S/C12H14ClF3N2O/c1-6-2-4-8(19)10(17-6)7-3-5-9(12(14,15)16)18-11(7)13/h3,5-6,8,10,17,19H,2,4H2,1H3/t6-,8+,10+/m0/s1. The van der Waals surface area contributed by atoms with Crippen LogP contribution in [0.2, 0.25) is 5.15 Å². The van der Waals surface area contributed by atoms with Gasteiger partial charge in [0.1, 0.15) is 10.8 Å². The van der Waals surface area contributed by atoms with Gasteiger partial charge >= 0.3 is 6.18 Å². The molecule has 19 heavy (non-hydrogen) atoms. The van der Waals surface area contributed by atoms with Crippen LogP contribution in [0, 0.1) is 0 Å². The highest BCUT2D eigenvalue weighted by Crippen LogP contribution is 2.33. The molecule has 0 amide bonds. The van der Waals surface area contributed by atoms with Gasteiger partial charge in [-0.05, 0) is 25.8 Å². The van der Waals surface area contributed by atoms with E-state index in [1.807, 2.05) is 6.92 Å². The highest BCUT2D eigenvalue weighted by molar-refractivity contribution is 6.30. The quantitative estimate of drug-likeness (QED) is 0.783. The van der Waals surface area contributed by atoms with E-state index in [2.05, 4.69) is 10.3 Å². The van der Waals surface area contributed by atoms with E-state index >= 15 is 0 Å². The first kappa shape index (κ1) is 14.6. The summed E-state index contributed by atoms with van der Waals surface area (Å²) >= 11 is 5.82. The predicted molar refractivity (Wildman–Crippen MR) is 64.8 cm³/mol. The zero-order valence-corrected chi connectivity index (χ0v) is 11.0. The van der Waals surface area contributed by atoms with E-state index < -0.39 is 24.0 Å². The van der Waals surface area contributed by atoms with Crippen molar-refractivity contribution in [3.63, 3.8) is 0 Å². The van der Waals surface area contributed by atoms with Crippen molar-refractivity contribution in [1.29, 1.82) is 0 Å². The Morgan fingerprint density at radius 3 is 2.63 bits per heavy atom. The average molecular weight is 295 g/mol. The van der Waals surface area contributed by atoms with Gasteiger partial charge in [0.2, 0.25) is 0 Å². The number of piperidine rings is 1. The van der Waals surface area contributed by atoms with E-state index in [-0.39, 0.29) is 11.2 Å². The molecule has 1 aliphatic heterocycles. The molecule has 0 bridgehead atoms. The van der Waals surface area contributed by atoms with E-state index in [1.165, 1.54) is 6.07 Å². The number of halogens is 4. The van der Waals surface area contributed by atoms with Crippen LogP contribution in [0.1, 0.15) is 37.1 Å². The SMILES string of the molecule is C[C@H]1CC[C@@H](O)[C@@H](c2ccc(C(F)(F)F)nc2Cl)N1. The Kier molecular flexibility index (Phi) is 4.03. The summed E-state index contributed by atoms with van der Waals surface area (Å²) in [5.74, 6) is 0. The van der Waals surface area contributed by atoms with Gasteiger partial charge in [-0.15, -0.1) is 0 Å². The molecule has 7 heteroatoms. The first-order valence-corrected chi connectivity index (χ1v) is 6.34. The van der Waals surface area contributed by atoms with Gasteiger partial charge in [0.05, 0.1) is 12.1 Å². The Morgan fingerprint density at radius 2 is 2.05 bits per heavy atom. The highest BCUT2D eigenvalue weighted by Gasteiger charge is 2.35. The third-order valence-corrected chi connectivity index (χ3v) is 3.55. The monoisotopic (exact) mass is 294 g/mol. The Labute approximate surface area is 113 Å². The van der Waals surface area contributed by atoms with Gasteiger partial charge in [0, 0.05) is 11.6 Å². The number of alkyl halides is 3. The van der Waals surface area contributed by atoms with Crippen LogP contribution in [-0.2, 0) is 6.18 Å². The van der Waals surface area contributed by atoms with Crippen molar-refractivity contribution in [2.24, 2.45) is 0 Å². The number of hydrogen-bond donors (Lipinski definition) is 2. The van der Waals surface area contributed by atoms with Crippen molar-refractivity contribution in [2.45, 2.75) is 44.1 Å². The summed E-state index contributed by atoms with van der Waals surface area (Å²) < 4.78 is 37.5. The van der Waals surface area contributed by atoms with E-state index in [1.54, 1.807) is 0 Å². The molecule has 1 saturated heterocycles. The number of hydrogen-bond acceptors (Lipinski definition) is 3. The fourth-order valence-electron chi connectivity index (χ4n) is 2.22. The molecule has 2 rings (SSSR count). The van der Waals surface area contributed by atoms with Gasteiger partial charge < -0.3 is 10.4 Å². The van der Waals surface area contributed by atoms with Crippen LogP contribution < -0.4 is 5.32 Å². The summed E-state index contributed by atoms with van der Waals surface area (Å²) in [6, 6.07) is 1.85. The molecule has 1 aliphatic rings. The Balaban J connectivity index is 2.30. The fourth-order valence-corrected chi connectivity index (χ4v) is 2.49. The predicted octanol–water partition coefficient (Wildman–Crippen LogP) is 2.93. The van der Waals surface area contributed by atoms with Gasteiger partial charge in [-0.3, -0.25) is 0 Å². The normalized spacial score (nSPS) is 28.4. The lowest BCUT2D eigenvalue weighted by Gasteiger charge is -2.33. The lowest BCUT2D eigenvalue weighted by atomic mass is 9.92. The fraction of sp³-hybridized carbons (Fsp3) is 0.583. The summed E-state index contributed by atoms with van der Waals surface area (Å²) in [7, 11) is 0. The minimum absolute atomic E-state index is 0.173. The van der Waals surface area contributed by atoms with Crippen molar-refractivity contribution in [2.75, 3.05) is 0 Å². The maximum atomic E-state index is 12.5. The average Bonchev–Trinajstić information content (AvgIpc) is 2.31. The van der Waals surface area contributed by atoms with E-state index in [0.29, 0.717) is 12.0 Å². The number of pyridine rings is 1. The van der Waals surface area contributed by atoms with Crippen molar-refractivity contribution in [3.8, 4) is 0 Å². The molecule has 0 saturated carbocycles. The minimum atomic E-state index is -4.52. The zero-order chi connectivity index (χ0) is 14.2. The number of aliphatic hydroxyl groups excluding tert-OH is 1. The minimum Gasteiger partial charge on any atom is -0.391 e. The summed E-state index contributed by atoms with van der Waals surface area (Å²) in [4.78, 5) is 3.37. The molecule has 0 aliphatic carbocycles. The molecule has 3 atom stereocenters. The van der Waals surface area contributed by atoms with Crippen molar-refractivity contribution in [1.82, 2.24) is 10.3 Å². The molecular weight excluding hydrogens is 281 g/mol. The largest absolute Gasteiger partial charge is 0.433 e. The molecule has 0 unspecified atom stereocenters. The van der Waals surface area contributed by atoms with Gasteiger partial charge in [-0.1, -0.05) is 17.7 Å². The van der Waals surface area contributed by atoms with Gasteiger partial charge in [0.25, 0.3) is 0 Å². The number of aromatic nitrogens is 1. The summed E-state index contributed by atoms with van der Waals surface area (Å²) in [5.41, 5.74) is -0.631. The van der Waals surface area contributed by atoms with Crippen LogP contribution in [0.5, 0.6) is 0 Å². The van der Waals surface area contributed by atoms with Crippen LogP contribution in [0.3, 0.4) is 0 Å². The molecule has 0 aromatic carbocycles. The summed E-state index contributed by atoms with van der Waals surface area (Å²) in [6.07, 6.45) is -3.81. The second-order valence-corrected chi connectivity index (χ2v) is 5.12. The third kappa shape index (κ3) is 3.19. The highest BCUT2D eigenvalue weighted by atomic mass is 35.5. The molecule has 3 nitrogen and oxygen atoms in total. The van der Waals surface area contributed by atoms with Gasteiger partial charge in [-0.25, -0.2) is 4.98 Å². The topological polar surface area (TPSA) is 45.2 Å². The third-order valence-electron chi connectivity index (χ3n) is 3.25. The van der Waals surface area contributed by atoms with Crippen LogP contribution in [0.4, 0.5) is 13.2 Å². The lowest BCUT2D eigenvalue weighted by Crippen LogP contribution is -2.43. The number of nitrogens with zero attached hydrogens (tertiary/aromatic N) is 1. The summed E-state index contributed by atoms with van der Waals surface area (Å²) in [6.45, 7) is 1.95. The molecule has 1 aromatic heterocycles. The van der Waals surface area contributed by atoms with Crippen LogP contribution in [0.15, 0.2) is 12.1 Å². The van der Waals surface area contributed by atoms with Gasteiger partial charge in [0.15, 0.2) is 0 Å². The van der Waals surface area contributed by atoms with Crippen molar-refractivity contribution >= 4 is 11.6 Å². The first-order valence-electron chi connectivity index (χ1n) is 5.97. The molecule has 2 N–H and O–H groups in total. The number of rotatable bonds is 1. The van der Waals surface area contributed by atoms with E-state index in [9.17, 15) is 18.3 Å². The molecule has 0 spiro atoms. The second kappa shape index (κ2) is 5.26.